The van der Waals surface area contributed by atoms with E-state index in [1.54, 1.807) is 19.2 Å². The highest BCUT2D eigenvalue weighted by Gasteiger charge is 2.33. The van der Waals surface area contributed by atoms with Gasteiger partial charge in [-0.1, -0.05) is 24.3 Å². The van der Waals surface area contributed by atoms with Crippen LogP contribution in [0.1, 0.15) is 17.2 Å². The van der Waals surface area contributed by atoms with Crippen LogP contribution in [0.25, 0.3) is 0 Å². The summed E-state index contributed by atoms with van der Waals surface area (Å²) in [7, 11) is 1.61. The summed E-state index contributed by atoms with van der Waals surface area (Å²) in [5.41, 5.74) is 7.89. The molecule has 0 radical (unpaired) electrons. The van der Waals surface area contributed by atoms with E-state index >= 15 is 0 Å². The molecule has 0 saturated carbocycles. The highest BCUT2D eigenvalue weighted by Crippen LogP contribution is 2.26. The van der Waals surface area contributed by atoms with Crippen LogP contribution < -0.4 is 20.9 Å². The Labute approximate surface area is 150 Å². The number of methoxy groups -OCH3 is 1. The van der Waals surface area contributed by atoms with Crippen LogP contribution in [-0.2, 0) is 11.3 Å². The summed E-state index contributed by atoms with van der Waals surface area (Å²) in [6.45, 7) is 0.905. The van der Waals surface area contributed by atoms with Gasteiger partial charge in [0.05, 0.1) is 24.0 Å². The average molecular weight is 356 g/mol. The van der Waals surface area contributed by atoms with Crippen LogP contribution in [-0.4, -0.2) is 24.5 Å². The van der Waals surface area contributed by atoms with Gasteiger partial charge in [-0.15, -0.1) is 0 Å². The van der Waals surface area contributed by atoms with Gasteiger partial charge in [-0.3, -0.25) is 20.3 Å². The number of nitro benzene ring substituents is 1. The number of hydrogen-bond acceptors (Lipinski definition) is 6. The first-order valence-corrected chi connectivity index (χ1v) is 8.22. The molecule has 0 aliphatic carbocycles. The van der Waals surface area contributed by atoms with Crippen molar-refractivity contribution >= 4 is 11.6 Å². The van der Waals surface area contributed by atoms with E-state index in [1.165, 1.54) is 12.1 Å². The summed E-state index contributed by atoms with van der Waals surface area (Å²) in [5, 5.41) is 13.7. The summed E-state index contributed by atoms with van der Waals surface area (Å²) in [5.74, 6) is 0.374. The van der Waals surface area contributed by atoms with Crippen LogP contribution in [0.3, 0.4) is 0 Å². The van der Waals surface area contributed by atoms with Gasteiger partial charge in [0, 0.05) is 25.2 Å². The van der Waals surface area contributed by atoms with Crippen molar-refractivity contribution in [3.8, 4) is 5.75 Å². The Morgan fingerprint density at radius 3 is 2.54 bits per heavy atom. The molecule has 2 aromatic carbocycles. The van der Waals surface area contributed by atoms with Crippen molar-refractivity contribution in [2.24, 2.45) is 5.92 Å². The Bertz CT molecular complexity index is 777. The predicted molar refractivity (Wildman–Crippen MR) is 95.3 cm³/mol. The zero-order valence-electron chi connectivity index (χ0n) is 14.3. The molecule has 1 saturated heterocycles. The van der Waals surface area contributed by atoms with Crippen LogP contribution in [0, 0.1) is 16.0 Å². The van der Waals surface area contributed by atoms with Crippen LogP contribution >= 0.6 is 0 Å². The molecule has 2 atom stereocenters. The molecule has 0 aromatic heterocycles. The molecule has 136 valence electrons. The normalized spacial score (nSPS) is 19.1. The smallest absolute Gasteiger partial charge is 0.269 e. The van der Waals surface area contributed by atoms with Gasteiger partial charge in [-0.2, -0.15) is 0 Å². The van der Waals surface area contributed by atoms with Crippen molar-refractivity contribution in [2.45, 2.75) is 12.6 Å². The lowest BCUT2D eigenvalue weighted by atomic mass is 9.94. The second kappa shape index (κ2) is 7.94. The minimum Gasteiger partial charge on any atom is -0.497 e. The predicted octanol–water partition coefficient (Wildman–Crippen LogP) is 1.68. The Morgan fingerprint density at radius 1 is 1.23 bits per heavy atom. The molecule has 1 amide bonds. The van der Waals surface area contributed by atoms with E-state index in [0.29, 0.717) is 13.1 Å². The number of nitrogens with one attached hydrogen (secondary N) is 3. The standard InChI is InChI=1S/C18H20N4O4/c1-26-15-8-2-12(3-9-15)10-19-18(23)16-11-20-21-17(16)13-4-6-14(7-5-13)22(24)25/h2-9,16-17,20-21H,10-11H2,1H3,(H,19,23). The van der Waals surface area contributed by atoms with Gasteiger partial charge >= 0.3 is 0 Å². The summed E-state index contributed by atoms with van der Waals surface area (Å²) >= 11 is 0. The number of non-ortho nitro benzene ring substituents is 1. The molecule has 0 bridgehead atoms. The van der Waals surface area contributed by atoms with Crippen LogP contribution in [0.4, 0.5) is 5.69 Å². The van der Waals surface area contributed by atoms with Crippen molar-refractivity contribution in [1.82, 2.24) is 16.2 Å². The second-order valence-electron chi connectivity index (χ2n) is 6.02. The number of hydrogen-bond donors (Lipinski definition) is 3. The van der Waals surface area contributed by atoms with Crippen molar-refractivity contribution in [2.75, 3.05) is 13.7 Å². The number of nitro groups is 1. The van der Waals surface area contributed by atoms with Gasteiger partial charge in [-0.05, 0) is 23.3 Å². The van der Waals surface area contributed by atoms with Crippen LogP contribution in [0.15, 0.2) is 48.5 Å². The SMILES string of the molecule is COc1ccc(CNC(=O)C2CNNC2c2ccc([N+](=O)[O-])cc2)cc1. The minimum absolute atomic E-state index is 0.0280. The zero-order chi connectivity index (χ0) is 18.5. The van der Waals surface area contributed by atoms with E-state index in [1.807, 2.05) is 24.3 Å². The molecular formula is C18H20N4O4. The third kappa shape index (κ3) is 3.98. The van der Waals surface area contributed by atoms with Gasteiger partial charge < -0.3 is 10.1 Å². The average Bonchev–Trinajstić information content (AvgIpc) is 3.16. The number of rotatable bonds is 6. The summed E-state index contributed by atoms with van der Waals surface area (Å²) in [6, 6.07) is 13.5. The van der Waals surface area contributed by atoms with Crippen molar-refractivity contribution in [3.05, 3.63) is 69.8 Å². The number of nitrogens with zero attached hydrogens (tertiary/aromatic N) is 1. The second-order valence-corrected chi connectivity index (χ2v) is 6.02. The summed E-state index contributed by atoms with van der Waals surface area (Å²) in [4.78, 5) is 22.9. The first-order valence-electron chi connectivity index (χ1n) is 8.22. The molecule has 1 aliphatic heterocycles. The van der Waals surface area contributed by atoms with Crippen molar-refractivity contribution in [1.29, 1.82) is 0 Å². The fourth-order valence-electron chi connectivity index (χ4n) is 2.92. The molecule has 8 heteroatoms. The molecule has 0 spiro atoms. The molecule has 3 N–H and O–H groups in total. The minimum atomic E-state index is -0.441. The van der Waals surface area contributed by atoms with Crippen LogP contribution in [0.2, 0.25) is 0 Å². The zero-order valence-corrected chi connectivity index (χ0v) is 14.3. The van der Waals surface area contributed by atoms with E-state index in [2.05, 4.69) is 16.2 Å². The third-order valence-electron chi connectivity index (χ3n) is 4.41. The third-order valence-corrected chi connectivity index (χ3v) is 4.41. The quantitative estimate of drug-likeness (QED) is 0.537. The lowest BCUT2D eigenvalue weighted by molar-refractivity contribution is -0.384. The number of carbonyl (C=O) groups is 1. The molecule has 1 fully saturated rings. The van der Waals surface area contributed by atoms with E-state index in [0.717, 1.165) is 16.9 Å². The molecule has 26 heavy (non-hydrogen) atoms. The highest BCUT2D eigenvalue weighted by molar-refractivity contribution is 5.80. The van der Waals surface area contributed by atoms with Crippen molar-refractivity contribution < 1.29 is 14.5 Å². The van der Waals surface area contributed by atoms with Gasteiger partial charge in [-0.25, -0.2) is 5.43 Å². The first kappa shape index (κ1) is 17.8. The number of carbonyl (C=O) groups excluding carboxylic acids is 1. The maximum Gasteiger partial charge on any atom is 0.269 e. The fourth-order valence-corrected chi connectivity index (χ4v) is 2.92. The molecule has 8 nitrogen and oxygen atoms in total. The molecule has 2 aromatic rings. The number of hydrazine groups is 1. The van der Waals surface area contributed by atoms with E-state index < -0.39 is 4.92 Å². The highest BCUT2D eigenvalue weighted by atomic mass is 16.6. The molecule has 1 heterocycles. The molecule has 3 rings (SSSR count). The molecular weight excluding hydrogens is 336 g/mol. The van der Waals surface area contributed by atoms with E-state index in [9.17, 15) is 14.9 Å². The number of ether oxygens (including phenoxy) is 1. The Hall–Kier alpha value is -2.97. The molecule has 1 aliphatic rings. The largest absolute Gasteiger partial charge is 0.497 e. The van der Waals surface area contributed by atoms with Gasteiger partial charge in [0.25, 0.3) is 5.69 Å². The first-order chi connectivity index (χ1) is 12.6. The summed E-state index contributed by atoms with van der Waals surface area (Å²) < 4.78 is 5.12. The van der Waals surface area contributed by atoms with E-state index in [-0.39, 0.29) is 23.6 Å². The van der Waals surface area contributed by atoms with E-state index in [4.69, 9.17) is 4.74 Å². The van der Waals surface area contributed by atoms with Gasteiger partial charge in [0.2, 0.25) is 5.91 Å². The fraction of sp³-hybridized carbons (Fsp3) is 0.278. The number of benzene rings is 2. The van der Waals surface area contributed by atoms with Gasteiger partial charge in [0.1, 0.15) is 5.75 Å². The molecule has 2 unspecified atom stereocenters. The van der Waals surface area contributed by atoms with Crippen molar-refractivity contribution in [3.63, 3.8) is 0 Å². The maximum absolute atomic E-state index is 12.6. The number of amides is 1. The summed E-state index contributed by atoms with van der Waals surface area (Å²) in [6.07, 6.45) is 0. The van der Waals surface area contributed by atoms with Crippen LogP contribution in [0.5, 0.6) is 5.75 Å². The Balaban J connectivity index is 1.63. The monoisotopic (exact) mass is 356 g/mol. The lowest BCUT2D eigenvalue weighted by Gasteiger charge is -2.18. The maximum atomic E-state index is 12.6. The van der Waals surface area contributed by atoms with Gasteiger partial charge in [0.15, 0.2) is 0 Å². The lowest BCUT2D eigenvalue weighted by Crippen LogP contribution is -2.34. The Morgan fingerprint density at radius 2 is 1.92 bits per heavy atom. The Kier molecular flexibility index (Phi) is 5.45. The topological polar surface area (TPSA) is 106 Å².